The predicted molar refractivity (Wildman–Crippen MR) is 71.7 cm³/mol. The van der Waals surface area contributed by atoms with Gasteiger partial charge >= 0.3 is 0 Å². The number of halogens is 2. The van der Waals surface area contributed by atoms with Crippen LogP contribution in [-0.2, 0) is 0 Å². The number of nitrogen functional groups attached to an aromatic ring is 1. The second-order valence-electron chi connectivity index (χ2n) is 4.04. The molecule has 0 aliphatic rings. The van der Waals surface area contributed by atoms with Gasteiger partial charge in [0, 0.05) is 11.6 Å². The number of carbonyl (C=O) groups is 1. The van der Waals surface area contributed by atoms with Crippen LogP contribution in [0.1, 0.15) is 10.4 Å². The molecule has 0 aromatic heterocycles. The maximum absolute atomic E-state index is 13.6. The summed E-state index contributed by atoms with van der Waals surface area (Å²) in [5.74, 6) is -1.57. The predicted octanol–water partition coefficient (Wildman–Crippen LogP) is 2.81. The highest BCUT2D eigenvalue weighted by Gasteiger charge is 2.12. The van der Waals surface area contributed by atoms with Gasteiger partial charge in [-0.25, -0.2) is 8.78 Å². The maximum Gasteiger partial charge on any atom is 0.255 e. The largest absolute Gasteiger partial charge is 0.497 e. The summed E-state index contributed by atoms with van der Waals surface area (Å²) < 4.78 is 31.8. The van der Waals surface area contributed by atoms with Gasteiger partial charge in [-0.15, -0.1) is 0 Å². The molecule has 0 bridgehead atoms. The zero-order valence-corrected chi connectivity index (χ0v) is 10.6. The van der Waals surface area contributed by atoms with Crippen molar-refractivity contribution in [3.05, 3.63) is 53.6 Å². The lowest BCUT2D eigenvalue weighted by atomic mass is 10.1. The van der Waals surface area contributed by atoms with Gasteiger partial charge in [-0.3, -0.25) is 4.79 Å². The molecule has 2 rings (SSSR count). The third-order valence-electron chi connectivity index (χ3n) is 2.68. The standard InChI is InChI=1S/C14H12F2N2O2/c1-20-9-3-4-10(15)13(7-9)18-14(19)8-2-5-12(17)11(16)6-8/h2-7H,17H2,1H3,(H,18,19). The molecule has 104 valence electrons. The lowest BCUT2D eigenvalue weighted by Crippen LogP contribution is -2.13. The Morgan fingerprint density at radius 1 is 1.15 bits per heavy atom. The Hall–Kier alpha value is -2.63. The minimum Gasteiger partial charge on any atom is -0.497 e. The van der Waals surface area contributed by atoms with Gasteiger partial charge in [0.25, 0.3) is 5.91 Å². The number of nitrogens with one attached hydrogen (secondary N) is 1. The first-order valence-corrected chi connectivity index (χ1v) is 5.71. The molecule has 0 saturated carbocycles. The van der Waals surface area contributed by atoms with Crippen molar-refractivity contribution in [1.29, 1.82) is 0 Å². The van der Waals surface area contributed by atoms with Crippen molar-refractivity contribution < 1.29 is 18.3 Å². The normalized spacial score (nSPS) is 10.2. The van der Waals surface area contributed by atoms with Crippen LogP contribution < -0.4 is 15.8 Å². The number of amides is 1. The van der Waals surface area contributed by atoms with Gasteiger partial charge in [0.2, 0.25) is 0 Å². The summed E-state index contributed by atoms with van der Waals surface area (Å²) >= 11 is 0. The fourth-order valence-corrected chi connectivity index (χ4v) is 1.59. The molecule has 0 radical (unpaired) electrons. The molecule has 3 N–H and O–H groups in total. The Bertz CT molecular complexity index is 660. The summed E-state index contributed by atoms with van der Waals surface area (Å²) in [6.45, 7) is 0. The van der Waals surface area contributed by atoms with Crippen molar-refractivity contribution in [3.63, 3.8) is 0 Å². The van der Waals surface area contributed by atoms with E-state index in [-0.39, 0.29) is 16.9 Å². The Balaban J connectivity index is 2.25. The molecule has 0 aliphatic carbocycles. The van der Waals surface area contributed by atoms with E-state index in [1.165, 1.54) is 31.4 Å². The van der Waals surface area contributed by atoms with Gasteiger partial charge in [-0.05, 0) is 30.3 Å². The summed E-state index contributed by atoms with van der Waals surface area (Å²) in [4.78, 5) is 11.9. The molecule has 2 aromatic rings. The van der Waals surface area contributed by atoms with E-state index in [0.29, 0.717) is 5.75 Å². The third-order valence-corrected chi connectivity index (χ3v) is 2.68. The minimum absolute atomic E-state index is 0.0407. The van der Waals surface area contributed by atoms with Gasteiger partial charge < -0.3 is 15.8 Å². The monoisotopic (exact) mass is 278 g/mol. The second kappa shape index (κ2) is 5.56. The molecule has 20 heavy (non-hydrogen) atoms. The van der Waals surface area contributed by atoms with Gasteiger partial charge in [-0.2, -0.15) is 0 Å². The lowest BCUT2D eigenvalue weighted by Gasteiger charge is -2.08. The van der Waals surface area contributed by atoms with Crippen molar-refractivity contribution in [3.8, 4) is 5.75 Å². The zero-order chi connectivity index (χ0) is 14.7. The average Bonchev–Trinajstić information content (AvgIpc) is 2.44. The molecule has 0 fully saturated rings. The van der Waals surface area contributed by atoms with Crippen LogP contribution in [0.25, 0.3) is 0 Å². The van der Waals surface area contributed by atoms with Crippen molar-refractivity contribution in [2.45, 2.75) is 0 Å². The summed E-state index contributed by atoms with van der Waals surface area (Å²) in [5, 5.41) is 2.35. The topological polar surface area (TPSA) is 64.3 Å². The van der Waals surface area contributed by atoms with Crippen molar-refractivity contribution in [2.24, 2.45) is 0 Å². The molecule has 2 aromatic carbocycles. The summed E-state index contributed by atoms with van der Waals surface area (Å²) in [6.07, 6.45) is 0. The van der Waals surface area contributed by atoms with Crippen LogP contribution in [0.15, 0.2) is 36.4 Å². The molecular formula is C14H12F2N2O2. The van der Waals surface area contributed by atoms with Crippen LogP contribution in [0, 0.1) is 11.6 Å². The quantitative estimate of drug-likeness (QED) is 0.848. The maximum atomic E-state index is 13.6. The highest BCUT2D eigenvalue weighted by molar-refractivity contribution is 6.04. The number of ether oxygens (including phenoxy) is 1. The van der Waals surface area contributed by atoms with Gasteiger partial charge in [0.1, 0.15) is 17.4 Å². The van der Waals surface area contributed by atoms with E-state index in [1.54, 1.807) is 0 Å². The van der Waals surface area contributed by atoms with E-state index in [0.717, 1.165) is 12.1 Å². The molecule has 1 amide bonds. The SMILES string of the molecule is COc1ccc(F)c(NC(=O)c2ccc(N)c(F)c2)c1. The highest BCUT2D eigenvalue weighted by Crippen LogP contribution is 2.22. The van der Waals surface area contributed by atoms with E-state index in [2.05, 4.69) is 5.32 Å². The van der Waals surface area contributed by atoms with Crippen LogP contribution in [-0.4, -0.2) is 13.0 Å². The third kappa shape index (κ3) is 2.85. The Morgan fingerprint density at radius 3 is 2.55 bits per heavy atom. The van der Waals surface area contributed by atoms with Gasteiger partial charge in [0.15, 0.2) is 0 Å². The van der Waals surface area contributed by atoms with E-state index in [1.807, 2.05) is 0 Å². The van der Waals surface area contributed by atoms with E-state index in [9.17, 15) is 13.6 Å². The summed E-state index contributed by atoms with van der Waals surface area (Å²) in [6, 6.07) is 7.54. The number of rotatable bonds is 3. The first-order valence-electron chi connectivity index (χ1n) is 5.71. The van der Waals surface area contributed by atoms with Crippen LogP contribution >= 0.6 is 0 Å². The van der Waals surface area contributed by atoms with E-state index < -0.39 is 17.5 Å². The highest BCUT2D eigenvalue weighted by atomic mass is 19.1. The van der Waals surface area contributed by atoms with Crippen LogP contribution in [0.3, 0.4) is 0 Å². The lowest BCUT2D eigenvalue weighted by molar-refractivity contribution is 0.102. The molecule has 0 unspecified atom stereocenters. The number of benzene rings is 2. The number of anilines is 2. The number of nitrogens with two attached hydrogens (primary N) is 1. The molecule has 0 heterocycles. The first kappa shape index (κ1) is 13.8. The Morgan fingerprint density at radius 2 is 1.90 bits per heavy atom. The number of hydrogen-bond acceptors (Lipinski definition) is 3. The van der Waals surface area contributed by atoms with Crippen molar-refractivity contribution in [1.82, 2.24) is 0 Å². The van der Waals surface area contributed by atoms with Crippen molar-refractivity contribution >= 4 is 17.3 Å². The molecule has 0 aliphatic heterocycles. The van der Waals surface area contributed by atoms with Crippen LogP contribution in [0.2, 0.25) is 0 Å². The summed E-state index contributed by atoms with van der Waals surface area (Å²) in [5.41, 5.74) is 5.25. The number of methoxy groups -OCH3 is 1. The molecule has 6 heteroatoms. The van der Waals surface area contributed by atoms with Gasteiger partial charge in [-0.1, -0.05) is 0 Å². The summed E-state index contributed by atoms with van der Waals surface area (Å²) in [7, 11) is 1.42. The van der Waals surface area contributed by atoms with Crippen LogP contribution in [0.5, 0.6) is 5.75 Å². The number of hydrogen-bond donors (Lipinski definition) is 2. The molecule has 0 spiro atoms. The Labute approximate surface area is 114 Å². The van der Waals surface area contributed by atoms with Crippen molar-refractivity contribution in [2.75, 3.05) is 18.2 Å². The van der Waals surface area contributed by atoms with E-state index in [4.69, 9.17) is 10.5 Å². The number of carbonyl (C=O) groups excluding carboxylic acids is 1. The first-order chi connectivity index (χ1) is 9.51. The Kier molecular flexibility index (Phi) is 3.84. The van der Waals surface area contributed by atoms with Crippen LogP contribution in [0.4, 0.5) is 20.2 Å². The molecule has 0 atom stereocenters. The zero-order valence-electron chi connectivity index (χ0n) is 10.6. The van der Waals surface area contributed by atoms with Gasteiger partial charge in [0.05, 0.1) is 18.5 Å². The molecule has 4 nitrogen and oxygen atoms in total. The molecular weight excluding hydrogens is 266 g/mol. The average molecular weight is 278 g/mol. The fraction of sp³-hybridized carbons (Fsp3) is 0.0714. The second-order valence-corrected chi connectivity index (χ2v) is 4.04. The smallest absolute Gasteiger partial charge is 0.255 e. The molecule has 0 saturated heterocycles. The van der Waals surface area contributed by atoms with E-state index >= 15 is 0 Å². The minimum atomic E-state index is -0.705. The fourth-order valence-electron chi connectivity index (χ4n) is 1.59.